The van der Waals surface area contributed by atoms with Crippen LogP contribution in [0.1, 0.15) is 0 Å². The summed E-state index contributed by atoms with van der Waals surface area (Å²) < 4.78 is 4.43. The van der Waals surface area contributed by atoms with Crippen LogP contribution >= 0.6 is 0 Å². The normalized spacial score (nSPS) is 15.9. The average molecular weight is 164 g/mol. The Kier molecular flexibility index (Phi) is 2.24. The Morgan fingerprint density at radius 1 is 1.50 bits per heavy atom. The maximum atomic E-state index is 11.0. The van der Waals surface area contributed by atoms with Crippen LogP contribution in [-0.4, -0.2) is 18.9 Å². The van der Waals surface area contributed by atoms with Crippen LogP contribution in [0.5, 0.6) is 0 Å². The van der Waals surface area contributed by atoms with Crippen molar-refractivity contribution in [2.45, 2.75) is 0 Å². The van der Waals surface area contributed by atoms with Crippen LogP contribution < -0.4 is 0 Å². The van der Waals surface area contributed by atoms with E-state index in [1.165, 1.54) is 25.3 Å². The summed E-state index contributed by atoms with van der Waals surface area (Å²) in [6.07, 6.45) is 4.22. The van der Waals surface area contributed by atoms with E-state index < -0.39 is 5.97 Å². The van der Waals surface area contributed by atoms with Gasteiger partial charge in [0.15, 0.2) is 5.78 Å². The van der Waals surface area contributed by atoms with E-state index in [0.29, 0.717) is 5.57 Å². The lowest BCUT2D eigenvalue weighted by molar-refractivity contribution is -0.135. The second-order valence-electron chi connectivity index (χ2n) is 2.31. The Bertz CT molecular complexity index is 308. The fourth-order valence-electron chi connectivity index (χ4n) is 0.799. The van der Waals surface area contributed by atoms with Crippen molar-refractivity contribution >= 4 is 11.8 Å². The van der Waals surface area contributed by atoms with Crippen LogP contribution in [0.25, 0.3) is 0 Å². The topological polar surface area (TPSA) is 43.4 Å². The Hall–Kier alpha value is -1.64. The maximum Gasteiger partial charge on any atom is 0.337 e. The van der Waals surface area contributed by atoms with Gasteiger partial charge in [-0.3, -0.25) is 4.79 Å². The van der Waals surface area contributed by atoms with Crippen molar-refractivity contribution in [3.05, 3.63) is 36.0 Å². The predicted molar refractivity (Wildman–Crippen MR) is 43.4 cm³/mol. The number of allylic oxidation sites excluding steroid dienone is 3. The second kappa shape index (κ2) is 3.17. The molecule has 0 radical (unpaired) electrons. The van der Waals surface area contributed by atoms with Crippen LogP contribution in [0.2, 0.25) is 0 Å². The van der Waals surface area contributed by atoms with Gasteiger partial charge in [0.05, 0.1) is 12.7 Å². The van der Waals surface area contributed by atoms with E-state index in [9.17, 15) is 9.59 Å². The zero-order valence-corrected chi connectivity index (χ0v) is 6.66. The molecule has 0 bridgehead atoms. The first-order valence-electron chi connectivity index (χ1n) is 3.36. The van der Waals surface area contributed by atoms with Gasteiger partial charge in [-0.2, -0.15) is 0 Å². The minimum Gasteiger partial charge on any atom is -0.465 e. The minimum atomic E-state index is -0.507. The van der Waals surface area contributed by atoms with E-state index in [4.69, 9.17) is 0 Å². The molecule has 62 valence electrons. The van der Waals surface area contributed by atoms with Gasteiger partial charge in [0.25, 0.3) is 0 Å². The van der Waals surface area contributed by atoms with E-state index in [1.54, 1.807) is 0 Å². The summed E-state index contributed by atoms with van der Waals surface area (Å²) in [6.45, 7) is 3.48. The van der Waals surface area contributed by atoms with E-state index in [1.807, 2.05) is 0 Å². The van der Waals surface area contributed by atoms with Crippen molar-refractivity contribution in [1.29, 1.82) is 0 Å². The van der Waals surface area contributed by atoms with E-state index in [2.05, 4.69) is 11.3 Å². The van der Waals surface area contributed by atoms with E-state index >= 15 is 0 Å². The molecular formula is C9H8O3. The Labute approximate surface area is 70.0 Å². The quantitative estimate of drug-likeness (QED) is 0.425. The smallest absolute Gasteiger partial charge is 0.337 e. The summed E-state index contributed by atoms with van der Waals surface area (Å²) in [7, 11) is 1.27. The molecule has 0 fully saturated rings. The van der Waals surface area contributed by atoms with Gasteiger partial charge < -0.3 is 4.74 Å². The first-order chi connectivity index (χ1) is 5.65. The number of rotatable bonds is 1. The molecule has 0 aliphatic heterocycles. The van der Waals surface area contributed by atoms with Gasteiger partial charge in [-0.1, -0.05) is 12.7 Å². The monoisotopic (exact) mass is 164 g/mol. The molecule has 0 atom stereocenters. The molecule has 0 heterocycles. The Balaban J connectivity index is 2.90. The highest BCUT2D eigenvalue weighted by Gasteiger charge is 2.13. The molecule has 0 saturated carbocycles. The highest BCUT2D eigenvalue weighted by molar-refractivity contribution is 6.12. The number of ketones is 1. The summed E-state index contributed by atoms with van der Waals surface area (Å²) >= 11 is 0. The van der Waals surface area contributed by atoms with Crippen molar-refractivity contribution < 1.29 is 14.3 Å². The molecule has 12 heavy (non-hydrogen) atoms. The number of carbonyl (C=O) groups excluding carboxylic acids is 2. The van der Waals surface area contributed by atoms with Crippen LogP contribution in [0, 0.1) is 0 Å². The zero-order valence-electron chi connectivity index (χ0n) is 6.66. The second-order valence-corrected chi connectivity index (χ2v) is 2.31. The Morgan fingerprint density at radius 2 is 2.17 bits per heavy atom. The number of hydrogen-bond donors (Lipinski definition) is 0. The molecule has 0 amide bonds. The van der Waals surface area contributed by atoms with Crippen LogP contribution in [0.15, 0.2) is 36.0 Å². The predicted octanol–water partition coefficient (Wildman–Crippen LogP) is 0.781. The number of carbonyl (C=O) groups is 2. The first kappa shape index (κ1) is 8.46. The summed E-state index contributed by atoms with van der Waals surface area (Å²) in [4.78, 5) is 21.9. The van der Waals surface area contributed by atoms with Crippen LogP contribution in [0.4, 0.5) is 0 Å². The lowest BCUT2D eigenvalue weighted by atomic mass is 10.0. The third kappa shape index (κ3) is 1.50. The lowest BCUT2D eigenvalue weighted by Crippen LogP contribution is -2.09. The average Bonchev–Trinajstić information content (AvgIpc) is 2.08. The van der Waals surface area contributed by atoms with Crippen molar-refractivity contribution in [2.24, 2.45) is 0 Å². The van der Waals surface area contributed by atoms with Gasteiger partial charge in [0.1, 0.15) is 0 Å². The third-order valence-corrected chi connectivity index (χ3v) is 1.49. The highest BCUT2D eigenvalue weighted by Crippen LogP contribution is 2.11. The van der Waals surface area contributed by atoms with Gasteiger partial charge >= 0.3 is 5.97 Å². The molecule has 1 aliphatic rings. The van der Waals surface area contributed by atoms with Crippen molar-refractivity contribution in [3.8, 4) is 0 Å². The fraction of sp³-hybridized carbons (Fsp3) is 0.111. The van der Waals surface area contributed by atoms with Crippen molar-refractivity contribution in [3.63, 3.8) is 0 Å². The summed E-state index contributed by atoms with van der Waals surface area (Å²) in [5.74, 6) is -0.759. The number of esters is 1. The lowest BCUT2D eigenvalue weighted by Gasteiger charge is -2.04. The number of hydrogen-bond acceptors (Lipinski definition) is 3. The molecule has 3 nitrogen and oxygen atoms in total. The molecule has 0 aromatic heterocycles. The summed E-state index contributed by atoms with van der Waals surface area (Å²) in [6, 6.07) is 0. The molecule has 0 aromatic carbocycles. The molecule has 0 unspecified atom stereocenters. The van der Waals surface area contributed by atoms with Crippen LogP contribution in [0.3, 0.4) is 0 Å². The van der Waals surface area contributed by atoms with Gasteiger partial charge in [-0.15, -0.1) is 0 Å². The zero-order chi connectivity index (χ0) is 9.14. The number of ether oxygens (including phenoxy) is 1. The molecule has 0 aromatic rings. The van der Waals surface area contributed by atoms with Crippen LogP contribution in [-0.2, 0) is 14.3 Å². The Morgan fingerprint density at radius 3 is 2.67 bits per heavy atom. The SMILES string of the molecule is C=C1C=CC(C(=O)OC)=CC1=O. The maximum absolute atomic E-state index is 11.0. The fourth-order valence-corrected chi connectivity index (χ4v) is 0.799. The minimum absolute atomic E-state index is 0.252. The van der Waals surface area contributed by atoms with Crippen molar-refractivity contribution in [2.75, 3.05) is 7.11 Å². The molecule has 0 spiro atoms. The molecule has 1 rings (SSSR count). The molecule has 3 heteroatoms. The molecule has 1 aliphatic carbocycles. The summed E-state index contributed by atoms with van der Waals surface area (Å²) in [5, 5.41) is 0. The van der Waals surface area contributed by atoms with E-state index in [-0.39, 0.29) is 11.4 Å². The van der Waals surface area contributed by atoms with Gasteiger partial charge in [-0.05, 0) is 6.08 Å². The molecule has 0 saturated heterocycles. The van der Waals surface area contributed by atoms with Gasteiger partial charge in [0, 0.05) is 11.6 Å². The molecule has 0 N–H and O–H groups in total. The van der Waals surface area contributed by atoms with Gasteiger partial charge in [0.2, 0.25) is 0 Å². The third-order valence-electron chi connectivity index (χ3n) is 1.49. The van der Waals surface area contributed by atoms with Crippen molar-refractivity contribution in [1.82, 2.24) is 0 Å². The standard InChI is InChI=1S/C9H8O3/c1-6-3-4-7(5-8(6)10)9(11)12-2/h3-5H,1H2,2H3. The molecular weight excluding hydrogens is 156 g/mol. The first-order valence-corrected chi connectivity index (χ1v) is 3.36. The summed E-state index contributed by atoms with van der Waals surface area (Å²) in [5.41, 5.74) is 0.637. The van der Waals surface area contributed by atoms with E-state index in [0.717, 1.165) is 0 Å². The highest BCUT2D eigenvalue weighted by atomic mass is 16.5. The number of methoxy groups -OCH3 is 1. The van der Waals surface area contributed by atoms with Gasteiger partial charge in [-0.25, -0.2) is 4.79 Å². The largest absolute Gasteiger partial charge is 0.465 e.